The Hall–Kier alpha value is -3.42. The number of hydrogen-bond donors (Lipinski definition) is 1. The van der Waals surface area contributed by atoms with Crippen LogP contribution in [-0.2, 0) is 0 Å². The second-order valence-corrected chi connectivity index (χ2v) is 6.02. The molecule has 4 rings (SSSR count). The van der Waals surface area contributed by atoms with Crippen LogP contribution in [0.5, 0.6) is 0 Å². The molecule has 0 radical (unpaired) electrons. The number of hydrogen-bond acceptors (Lipinski definition) is 5. The maximum atomic E-state index is 12.7. The lowest BCUT2D eigenvalue weighted by atomic mass is 10.1. The number of aromatic amines is 1. The van der Waals surface area contributed by atoms with Crippen molar-refractivity contribution < 1.29 is 14.0 Å². The summed E-state index contributed by atoms with van der Waals surface area (Å²) in [5, 5.41) is 0. The van der Waals surface area contributed by atoms with E-state index in [0.717, 1.165) is 0 Å². The fraction of sp³-hybridized carbons (Fsp3) is 0.222. The van der Waals surface area contributed by atoms with Crippen molar-refractivity contribution >= 4 is 22.9 Å². The lowest BCUT2D eigenvalue weighted by Crippen LogP contribution is -2.50. The van der Waals surface area contributed by atoms with Crippen molar-refractivity contribution in [2.45, 2.75) is 0 Å². The summed E-state index contributed by atoms with van der Waals surface area (Å²) in [6, 6.07) is 10.1. The van der Waals surface area contributed by atoms with Crippen molar-refractivity contribution in [1.29, 1.82) is 0 Å². The maximum Gasteiger partial charge on any atom is 0.417 e. The Labute approximate surface area is 148 Å². The van der Waals surface area contributed by atoms with Gasteiger partial charge in [0.15, 0.2) is 5.58 Å². The molecule has 3 heterocycles. The second kappa shape index (κ2) is 6.47. The molecule has 2 amide bonds. The van der Waals surface area contributed by atoms with Crippen LogP contribution in [0.25, 0.3) is 11.1 Å². The number of piperazine rings is 1. The average Bonchev–Trinajstić information content (AvgIpc) is 3.07. The SMILES string of the molecule is O=C(c1ccc2[nH]c(=O)oc2c1)N1CCN(C(=O)c2ccccn2)CC1. The van der Waals surface area contributed by atoms with Crippen molar-refractivity contribution in [2.24, 2.45) is 0 Å². The van der Waals surface area contributed by atoms with Crippen molar-refractivity contribution in [3.63, 3.8) is 0 Å². The van der Waals surface area contributed by atoms with E-state index in [4.69, 9.17) is 4.42 Å². The number of carbonyl (C=O) groups is 2. The van der Waals surface area contributed by atoms with Gasteiger partial charge >= 0.3 is 5.76 Å². The number of benzene rings is 1. The summed E-state index contributed by atoms with van der Waals surface area (Å²) in [6.07, 6.45) is 1.59. The number of pyridine rings is 1. The minimum atomic E-state index is -0.550. The molecule has 1 aliphatic heterocycles. The smallest absolute Gasteiger partial charge is 0.408 e. The molecule has 8 heteroatoms. The lowest BCUT2D eigenvalue weighted by molar-refractivity contribution is 0.0532. The fourth-order valence-electron chi connectivity index (χ4n) is 3.02. The van der Waals surface area contributed by atoms with Crippen LogP contribution in [0.3, 0.4) is 0 Å². The molecule has 0 unspecified atom stereocenters. The summed E-state index contributed by atoms with van der Waals surface area (Å²) < 4.78 is 5.00. The van der Waals surface area contributed by atoms with Gasteiger partial charge in [0, 0.05) is 37.9 Å². The molecule has 132 valence electrons. The molecule has 0 atom stereocenters. The number of nitrogens with one attached hydrogen (secondary N) is 1. The summed E-state index contributed by atoms with van der Waals surface area (Å²) in [4.78, 5) is 46.3. The van der Waals surface area contributed by atoms with Gasteiger partial charge in [0.2, 0.25) is 0 Å². The van der Waals surface area contributed by atoms with Crippen LogP contribution in [0.15, 0.2) is 51.8 Å². The Morgan fingerprint density at radius 2 is 1.73 bits per heavy atom. The molecule has 0 saturated carbocycles. The monoisotopic (exact) mass is 352 g/mol. The third kappa shape index (κ3) is 2.97. The molecular weight excluding hydrogens is 336 g/mol. The van der Waals surface area contributed by atoms with E-state index >= 15 is 0 Å². The average molecular weight is 352 g/mol. The van der Waals surface area contributed by atoms with Gasteiger partial charge in [0.1, 0.15) is 5.69 Å². The molecule has 1 aromatic carbocycles. The number of carbonyl (C=O) groups excluding carboxylic acids is 2. The maximum absolute atomic E-state index is 12.7. The molecule has 0 bridgehead atoms. The zero-order chi connectivity index (χ0) is 18.1. The van der Waals surface area contributed by atoms with Gasteiger partial charge in [-0.1, -0.05) is 6.07 Å². The zero-order valence-electron chi connectivity index (χ0n) is 13.8. The van der Waals surface area contributed by atoms with Gasteiger partial charge in [-0.25, -0.2) is 4.79 Å². The Morgan fingerprint density at radius 3 is 2.42 bits per heavy atom. The number of rotatable bonds is 2. The van der Waals surface area contributed by atoms with Crippen LogP contribution in [0.1, 0.15) is 20.8 Å². The summed E-state index contributed by atoms with van der Waals surface area (Å²) >= 11 is 0. The quantitative estimate of drug-likeness (QED) is 0.745. The third-order valence-electron chi connectivity index (χ3n) is 4.41. The summed E-state index contributed by atoms with van der Waals surface area (Å²) in [5.41, 5.74) is 1.76. The highest BCUT2D eigenvalue weighted by atomic mass is 16.4. The minimum Gasteiger partial charge on any atom is -0.408 e. The predicted octanol–water partition coefficient (Wildman–Crippen LogP) is 1.11. The van der Waals surface area contributed by atoms with E-state index in [0.29, 0.717) is 48.5 Å². The normalized spacial score (nSPS) is 14.6. The van der Waals surface area contributed by atoms with E-state index in [1.165, 1.54) is 0 Å². The number of nitrogens with zero attached hydrogens (tertiary/aromatic N) is 3. The molecule has 1 saturated heterocycles. The first-order valence-electron chi connectivity index (χ1n) is 8.24. The molecule has 1 aliphatic rings. The van der Waals surface area contributed by atoms with E-state index in [1.54, 1.807) is 52.4 Å². The van der Waals surface area contributed by atoms with Crippen LogP contribution in [-0.4, -0.2) is 57.8 Å². The molecule has 26 heavy (non-hydrogen) atoms. The lowest BCUT2D eigenvalue weighted by Gasteiger charge is -2.34. The van der Waals surface area contributed by atoms with E-state index < -0.39 is 5.76 Å². The predicted molar refractivity (Wildman–Crippen MR) is 92.9 cm³/mol. The molecule has 1 fully saturated rings. The highest BCUT2D eigenvalue weighted by Gasteiger charge is 2.26. The van der Waals surface area contributed by atoms with Gasteiger partial charge in [-0.2, -0.15) is 0 Å². The highest BCUT2D eigenvalue weighted by molar-refractivity contribution is 5.97. The molecule has 2 aromatic heterocycles. The van der Waals surface area contributed by atoms with Crippen LogP contribution < -0.4 is 5.76 Å². The van der Waals surface area contributed by atoms with E-state index in [1.807, 2.05) is 0 Å². The third-order valence-corrected chi connectivity index (χ3v) is 4.41. The highest BCUT2D eigenvalue weighted by Crippen LogP contribution is 2.16. The van der Waals surface area contributed by atoms with Gasteiger partial charge in [0.25, 0.3) is 11.8 Å². The number of fused-ring (bicyclic) bond motifs is 1. The Bertz CT molecular complexity index is 1020. The van der Waals surface area contributed by atoms with Gasteiger partial charge < -0.3 is 14.2 Å². The standard InChI is InChI=1S/C18H16N4O4/c23-16(12-4-5-13-15(11-12)26-18(25)20-13)21-7-9-22(10-8-21)17(24)14-3-1-2-6-19-14/h1-6,11H,7-10H2,(H,20,25). The first-order valence-corrected chi connectivity index (χ1v) is 8.24. The molecular formula is C18H16N4O4. The van der Waals surface area contributed by atoms with E-state index in [2.05, 4.69) is 9.97 Å². The number of H-pyrrole nitrogens is 1. The van der Waals surface area contributed by atoms with Crippen LogP contribution in [0, 0.1) is 0 Å². The largest absolute Gasteiger partial charge is 0.417 e. The van der Waals surface area contributed by atoms with Gasteiger partial charge in [-0.15, -0.1) is 0 Å². The number of oxazole rings is 1. The van der Waals surface area contributed by atoms with Crippen molar-refractivity contribution in [2.75, 3.05) is 26.2 Å². The first kappa shape index (κ1) is 16.1. The molecule has 0 spiro atoms. The van der Waals surface area contributed by atoms with E-state index in [9.17, 15) is 14.4 Å². The van der Waals surface area contributed by atoms with Gasteiger partial charge in [-0.05, 0) is 30.3 Å². The van der Waals surface area contributed by atoms with Crippen molar-refractivity contribution in [1.82, 2.24) is 19.8 Å². The topological polar surface area (TPSA) is 99.5 Å². The Balaban J connectivity index is 1.44. The van der Waals surface area contributed by atoms with Gasteiger partial charge in [0.05, 0.1) is 5.52 Å². The molecule has 0 aliphatic carbocycles. The van der Waals surface area contributed by atoms with Crippen LogP contribution >= 0.6 is 0 Å². The van der Waals surface area contributed by atoms with Crippen LogP contribution in [0.2, 0.25) is 0 Å². The van der Waals surface area contributed by atoms with E-state index in [-0.39, 0.29) is 11.8 Å². The zero-order valence-corrected chi connectivity index (χ0v) is 13.8. The Kier molecular flexibility index (Phi) is 4.00. The molecule has 1 N–H and O–H groups in total. The Morgan fingerprint density at radius 1 is 1.00 bits per heavy atom. The minimum absolute atomic E-state index is 0.131. The number of aromatic nitrogens is 2. The second-order valence-electron chi connectivity index (χ2n) is 6.02. The van der Waals surface area contributed by atoms with Crippen molar-refractivity contribution in [3.8, 4) is 0 Å². The summed E-state index contributed by atoms with van der Waals surface area (Å²) in [6.45, 7) is 1.77. The molecule has 8 nitrogen and oxygen atoms in total. The molecule has 3 aromatic rings. The first-order chi connectivity index (χ1) is 12.6. The fourth-order valence-corrected chi connectivity index (χ4v) is 3.02. The van der Waals surface area contributed by atoms with Crippen LogP contribution in [0.4, 0.5) is 0 Å². The summed E-state index contributed by atoms with van der Waals surface area (Å²) in [7, 11) is 0. The number of amides is 2. The van der Waals surface area contributed by atoms with Crippen molar-refractivity contribution in [3.05, 3.63) is 64.4 Å². The van der Waals surface area contributed by atoms with Gasteiger partial charge in [-0.3, -0.25) is 19.6 Å². The summed E-state index contributed by atoms with van der Waals surface area (Å²) in [5.74, 6) is -0.833.